The van der Waals surface area contributed by atoms with E-state index < -0.39 is 41.9 Å². The number of carboxylic acid groups (broad SMARTS) is 2. The lowest BCUT2D eigenvalue weighted by molar-refractivity contribution is -0.142. The van der Waals surface area contributed by atoms with Gasteiger partial charge in [-0.1, -0.05) is 0 Å². The highest BCUT2D eigenvalue weighted by Gasteiger charge is 2.25. The first-order valence-corrected chi connectivity index (χ1v) is 7.91. The fourth-order valence-corrected chi connectivity index (χ4v) is 1.85. The second kappa shape index (κ2) is 11.6. The van der Waals surface area contributed by atoms with Gasteiger partial charge in [0.05, 0.1) is 6.04 Å². The third-order valence-electron chi connectivity index (χ3n) is 3.32. The van der Waals surface area contributed by atoms with Gasteiger partial charge in [-0.25, -0.2) is 4.79 Å². The number of hydrogen-bond acceptors (Lipinski definition) is 6. The molecule has 0 aromatic rings. The summed E-state index contributed by atoms with van der Waals surface area (Å²) >= 11 is 0. The van der Waals surface area contributed by atoms with Crippen molar-refractivity contribution >= 4 is 29.7 Å². The summed E-state index contributed by atoms with van der Waals surface area (Å²) in [5.41, 5.74) is 15.8. The molecule has 0 saturated heterocycles. The molecule has 0 aliphatic rings. The van der Waals surface area contributed by atoms with Gasteiger partial charge in [-0.15, -0.1) is 0 Å². The van der Waals surface area contributed by atoms with Crippen molar-refractivity contribution in [2.24, 2.45) is 22.2 Å². The maximum absolute atomic E-state index is 12.0. The summed E-state index contributed by atoms with van der Waals surface area (Å²) in [6.45, 7) is 1.57. The number of nitrogens with two attached hydrogens (primary N) is 3. The minimum absolute atomic E-state index is 0.0853. The van der Waals surface area contributed by atoms with Crippen LogP contribution in [-0.4, -0.2) is 64.6 Å². The minimum Gasteiger partial charge on any atom is -0.481 e. The average molecular weight is 374 g/mol. The van der Waals surface area contributed by atoms with Crippen LogP contribution >= 0.6 is 0 Å². The molecule has 10 N–H and O–H groups in total. The Balaban J connectivity index is 4.49. The predicted molar refractivity (Wildman–Crippen MR) is 91.9 cm³/mol. The normalized spacial score (nSPS) is 13.8. The maximum atomic E-state index is 12.0. The lowest BCUT2D eigenvalue weighted by Crippen LogP contribution is -2.53. The van der Waals surface area contributed by atoms with E-state index in [1.165, 1.54) is 6.92 Å². The van der Waals surface area contributed by atoms with E-state index in [1.807, 2.05) is 0 Å². The highest BCUT2D eigenvalue weighted by Crippen LogP contribution is 2.00. The second-order valence-electron chi connectivity index (χ2n) is 5.62. The fraction of sp³-hybridized carbons (Fsp3) is 0.643. The van der Waals surface area contributed by atoms with Crippen molar-refractivity contribution < 1.29 is 29.4 Å². The summed E-state index contributed by atoms with van der Waals surface area (Å²) in [5.74, 6) is -3.85. The van der Waals surface area contributed by atoms with Crippen molar-refractivity contribution in [3.05, 3.63) is 0 Å². The number of nitrogens with one attached hydrogen (secondary N) is 2. The summed E-state index contributed by atoms with van der Waals surface area (Å²) in [7, 11) is 0. The van der Waals surface area contributed by atoms with E-state index in [1.54, 1.807) is 0 Å². The highest BCUT2D eigenvalue weighted by atomic mass is 16.4. The number of carbonyl (C=O) groups is 4. The van der Waals surface area contributed by atoms with Gasteiger partial charge in [0.2, 0.25) is 11.8 Å². The predicted octanol–water partition coefficient (Wildman–Crippen LogP) is -2.69. The van der Waals surface area contributed by atoms with Crippen molar-refractivity contribution in [2.45, 2.75) is 50.7 Å². The summed E-state index contributed by atoms with van der Waals surface area (Å²) in [5, 5.41) is 22.3. The molecule has 26 heavy (non-hydrogen) atoms. The molecular weight excluding hydrogens is 348 g/mol. The molecular formula is C14H26N6O6. The monoisotopic (exact) mass is 374 g/mol. The highest BCUT2D eigenvalue weighted by molar-refractivity contribution is 5.91. The number of amides is 2. The van der Waals surface area contributed by atoms with Gasteiger partial charge in [-0.05, 0) is 26.2 Å². The number of carbonyl (C=O) groups excluding carboxylic acids is 2. The quantitative estimate of drug-likeness (QED) is 0.107. The van der Waals surface area contributed by atoms with Crippen LogP contribution in [-0.2, 0) is 19.2 Å². The van der Waals surface area contributed by atoms with Crippen LogP contribution in [0.5, 0.6) is 0 Å². The molecule has 0 radical (unpaired) electrons. The van der Waals surface area contributed by atoms with Crippen LogP contribution < -0.4 is 27.8 Å². The number of carboxylic acids is 2. The molecule has 0 bridgehead atoms. The molecule has 0 aromatic carbocycles. The Morgan fingerprint density at radius 2 is 1.65 bits per heavy atom. The molecule has 12 heteroatoms. The Hall–Kier alpha value is -2.89. The molecule has 0 unspecified atom stereocenters. The molecule has 0 fully saturated rings. The number of aliphatic carboxylic acids is 2. The fourth-order valence-electron chi connectivity index (χ4n) is 1.85. The summed E-state index contributed by atoms with van der Waals surface area (Å²) in [6, 6.07) is -3.30. The molecule has 12 nitrogen and oxygen atoms in total. The first-order chi connectivity index (χ1) is 12.0. The largest absolute Gasteiger partial charge is 0.481 e. The number of rotatable bonds is 12. The first-order valence-electron chi connectivity index (χ1n) is 7.91. The Morgan fingerprint density at radius 3 is 2.15 bits per heavy atom. The van der Waals surface area contributed by atoms with Gasteiger partial charge in [-0.2, -0.15) is 0 Å². The van der Waals surface area contributed by atoms with Gasteiger partial charge in [0, 0.05) is 13.0 Å². The van der Waals surface area contributed by atoms with Gasteiger partial charge in [0.25, 0.3) is 0 Å². The van der Waals surface area contributed by atoms with Crippen LogP contribution in [0.25, 0.3) is 0 Å². The minimum atomic E-state index is -1.24. The van der Waals surface area contributed by atoms with E-state index in [2.05, 4.69) is 15.6 Å². The van der Waals surface area contributed by atoms with E-state index in [9.17, 15) is 19.2 Å². The van der Waals surface area contributed by atoms with Gasteiger partial charge < -0.3 is 38.0 Å². The average Bonchev–Trinajstić information content (AvgIpc) is 2.54. The van der Waals surface area contributed by atoms with E-state index in [4.69, 9.17) is 27.4 Å². The van der Waals surface area contributed by atoms with Gasteiger partial charge in [0.1, 0.15) is 12.1 Å². The molecule has 0 spiro atoms. The lowest BCUT2D eigenvalue weighted by atomic mass is 10.1. The van der Waals surface area contributed by atoms with Crippen LogP contribution in [0, 0.1) is 0 Å². The first kappa shape index (κ1) is 23.1. The van der Waals surface area contributed by atoms with Crippen molar-refractivity contribution in [1.82, 2.24) is 10.6 Å². The zero-order valence-corrected chi connectivity index (χ0v) is 14.5. The van der Waals surface area contributed by atoms with Crippen molar-refractivity contribution in [2.75, 3.05) is 6.54 Å². The Labute approximate surface area is 150 Å². The topological polar surface area (TPSA) is 223 Å². The Morgan fingerprint density at radius 1 is 1.04 bits per heavy atom. The molecule has 0 rings (SSSR count). The van der Waals surface area contributed by atoms with Gasteiger partial charge >= 0.3 is 11.9 Å². The smallest absolute Gasteiger partial charge is 0.326 e. The van der Waals surface area contributed by atoms with Gasteiger partial charge in [-0.3, -0.25) is 19.4 Å². The van der Waals surface area contributed by atoms with E-state index in [0.717, 1.165) is 0 Å². The lowest BCUT2D eigenvalue weighted by Gasteiger charge is -2.20. The number of guanidine groups is 1. The third-order valence-corrected chi connectivity index (χ3v) is 3.32. The molecule has 148 valence electrons. The van der Waals surface area contributed by atoms with Crippen LogP contribution in [0.3, 0.4) is 0 Å². The Bertz CT molecular complexity index is 548. The Kier molecular flexibility index (Phi) is 10.3. The molecule has 0 aliphatic heterocycles. The van der Waals surface area contributed by atoms with Crippen molar-refractivity contribution in [3.8, 4) is 0 Å². The standard InChI is InChI=1S/C14H26N6O6/c1-7(19-12(24)8(15)4-5-10(21)22)11(23)20-9(13(25)26)3-2-6-18-14(16)17/h7-9H,2-6,15H2,1H3,(H,19,24)(H,20,23)(H,21,22)(H,25,26)(H4,16,17,18)/t7-,8-,9-/m0/s1. The van der Waals surface area contributed by atoms with Crippen LogP contribution in [0.2, 0.25) is 0 Å². The van der Waals surface area contributed by atoms with E-state index in [-0.39, 0.29) is 31.8 Å². The molecule has 0 aliphatic carbocycles. The molecule has 3 atom stereocenters. The zero-order valence-electron chi connectivity index (χ0n) is 14.5. The summed E-state index contributed by atoms with van der Waals surface area (Å²) in [6.07, 6.45) is 0.0523. The summed E-state index contributed by atoms with van der Waals surface area (Å²) in [4.78, 5) is 49.2. The van der Waals surface area contributed by atoms with Crippen LogP contribution in [0.4, 0.5) is 0 Å². The summed E-state index contributed by atoms with van der Waals surface area (Å²) < 4.78 is 0. The number of hydrogen-bond donors (Lipinski definition) is 7. The molecule has 2 amide bonds. The molecule has 0 saturated carbocycles. The zero-order chi connectivity index (χ0) is 20.3. The van der Waals surface area contributed by atoms with Crippen molar-refractivity contribution in [3.63, 3.8) is 0 Å². The molecule has 0 heterocycles. The van der Waals surface area contributed by atoms with Gasteiger partial charge in [0.15, 0.2) is 5.96 Å². The second-order valence-corrected chi connectivity index (χ2v) is 5.62. The van der Waals surface area contributed by atoms with Crippen molar-refractivity contribution in [1.29, 1.82) is 0 Å². The molecule has 0 aromatic heterocycles. The SMILES string of the molecule is C[C@H](NC(=O)[C@@H](N)CCC(=O)O)C(=O)N[C@@H](CCCN=C(N)N)C(=O)O. The van der Waals surface area contributed by atoms with E-state index in [0.29, 0.717) is 6.42 Å². The van der Waals surface area contributed by atoms with Crippen LogP contribution in [0.15, 0.2) is 4.99 Å². The third kappa shape index (κ3) is 10.1. The van der Waals surface area contributed by atoms with Crippen LogP contribution in [0.1, 0.15) is 32.6 Å². The number of aliphatic imine (C=N–C) groups is 1. The number of nitrogens with zero attached hydrogens (tertiary/aromatic N) is 1. The maximum Gasteiger partial charge on any atom is 0.326 e. The van der Waals surface area contributed by atoms with E-state index >= 15 is 0 Å².